The van der Waals surface area contributed by atoms with Crippen molar-refractivity contribution in [1.82, 2.24) is 20.0 Å². The highest BCUT2D eigenvalue weighted by Gasteiger charge is 2.36. The number of likely N-dealkylation sites (tertiary alicyclic amines) is 2. The number of fused-ring (bicyclic) bond motifs is 1. The molecule has 1 aromatic rings. The maximum atomic E-state index is 13.5. The first-order valence-electron chi connectivity index (χ1n) is 12.2. The van der Waals surface area contributed by atoms with Crippen LogP contribution in [-0.2, 0) is 16.0 Å². The zero-order valence-electron chi connectivity index (χ0n) is 19.0. The fourth-order valence-electron chi connectivity index (χ4n) is 5.43. The van der Waals surface area contributed by atoms with Crippen LogP contribution in [0.15, 0.2) is 24.3 Å². The second-order valence-electron chi connectivity index (χ2n) is 9.44. The fraction of sp³-hybridized carbons (Fsp3) is 0.680. The fourth-order valence-corrected chi connectivity index (χ4v) is 5.43. The zero-order chi connectivity index (χ0) is 21.6. The molecule has 2 atom stereocenters. The Bertz CT molecular complexity index is 762. The summed E-state index contributed by atoms with van der Waals surface area (Å²) in [5.74, 6) is 0.197. The molecule has 3 heterocycles. The summed E-state index contributed by atoms with van der Waals surface area (Å²) in [5.41, 5.74) is 2.33. The predicted molar refractivity (Wildman–Crippen MR) is 123 cm³/mol. The molecule has 170 valence electrons. The molecule has 0 saturated carbocycles. The summed E-state index contributed by atoms with van der Waals surface area (Å²) in [5, 5.41) is 3.11. The van der Waals surface area contributed by atoms with Crippen LogP contribution in [0.1, 0.15) is 62.6 Å². The molecule has 6 nitrogen and oxygen atoms in total. The van der Waals surface area contributed by atoms with Gasteiger partial charge in [0.2, 0.25) is 11.8 Å². The van der Waals surface area contributed by atoms with Gasteiger partial charge in [0.1, 0.15) is 6.04 Å². The molecule has 0 aliphatic carbocycles. The molecule has 0 spiro atoms. The first kappa shape index (κ1) is 22.3. The van der Waals surface area contributed by atoms with Crippen LogP contribution in [0.4, 0.5) is 0 Å². The van der Waals surface area contributed by atoms with Gasteiger partial charge in [-0.3, -0.25) is 19.4 Å². The maximum Gasteiger partial charge on any atom is 0.244 e. The lowest BCUT2D eigenvalue weighted by Crippen LogP contribution is -2.50. The van der Waals surface area contributed by atoms with E-state index in [0.29, 0.717) is 12.6 Å². The van der Waals surface area contributed by atoms with Crippen molar-refractivity contribution in [3.8, 4) is 0 Å². The van der Waals surface area contributed by atoms with E-state index >= 15 is 0 Å². The number of nitrogens with zero attached hydrogens (tertiary/aromatic N) is 3. The van der Waals surface area contributed by atoms with Gasteiger partial charge in [-0.05, 0) is 63.1 Å². The number of rotatable bonds is 6. The van der Waals surface area contributed by atoms with Crippen LogP contribution in [0.2, 0.25) is 0 Å². The van der Waals surface area contributed by atoms with Crippen molar-refractivity contribution in [3.63, 3.8) is 0 Å². The molecule has 0 unspecified atom stereocenters. The highest BCUT2D eigenvalue weighted by molar-refractivity contribution is 5.85. The third-order valence-electron chi connectivity index (χ3n) is 7.29. The topological polar surface area (TPSA) is 55.9 Å². The Hall–Kier alpha value is -1.92. The second kappa shape index (κ2) is 10.6. The van der Waals surface area contributed by atoms with Crippen LogP contribution >= 0.6 is 0 Å². The standard InChI is InChI=1S/C25H38N4O2/c1-20-9-5-8-14-27(20)18-13-26-23(30)19-29-17-12-21-10-3-4-11-22(21)24(29)25(31)28-15-6-2-7-16-28/h3-4,10-11,20,24H,2,5-9,12-19H2,1H3,(H,26,30)/t20-,24+/m0/s1. The average Bonchev–Trinajstić information content (AvgIpc) is 2.80. The van der Waals surface area contributed by atoms with Crippen LogP contribution in [0.25, 0.3) is 0 Å². The van der Waals surface area contributed by atoms with Gasteiger partial charge < -0.3 is 10.2 Å². The van der Waals surface area contributed by atoms with Crippen molar-refractivity contribution in [1.29, 1.82) is 0 Å². The van der Waals surface area contributed by atoms with E-state index in [0.717, 1.165) is 57.5 Å². The van der Waals surface area contributed by atoms with Crippen molar-refractivity contribution < 1.29 is 9.59 Å². The number of amides is 2. The molecular formula is C25H38N4O2. The van der Waals surface area contributed by atoms with Gasteiger partial charge in [-0.15, -0.1) is 0 Å². The number of carbonyl (C=O) groups is 2. The van der Waals surface area contributed by atoms with Gasteiger partial charge in [0.05, 0.1) is 6.54 Å². The summed E-state index contributed by atoms with van der Waals surface area (Å²) >= 11 is 0. The van der Waals surface area contributed by atoms with Gasteiger partial charge in [-0.2, -0.15) is 0 Å². The summed E-state index contributed by atoms with van der Waals surface area (Å²) in [4.78, 5) is 32.9. The van der Waals surface area contributed by atoms with Gasteiger partial charge in [-0.1, -0.05) is 30.7 Å². The smallest absolute Gasteiger partial charge is 0.244 e. The number of nitrogens with one attached hydrogen (secondary N) is 1. The molecule has 0 bridgehead atoms. The monoisotopic (exact) mass is 426 g/mol. The Morgan fingerprint density at radius 1 is 0.968 bits per heavy atom. The SMILES string of the molecule is C[C@H]1CCCCN1CCNC(=O)CN1CCc2ccccc2[C@@H]1C(=O)N1CCCCC1. The van der Waals surface area contributed by atoms with Crippen LogP contribution < -0.4 is 5.32 Å². The van der Waals surface area contributed by atoms with Crippen LogP contribution in [-0.4, -0.2) is 78.4 Å². The molecule has 31 heavy (non-hydrogen) atoms. The Morgan fingerprint density at radius 3 is 2.55 bits per heavy atom. The molecule has 6 heteroatoms. The molecule has 4 rings (SSSR count). The van der Waals surface area contributed by atoms with Crippen molar-refractivity contribution in [3.05, 3.63) is 35.4 Å². The molecule has 2 saturated heterocycles. The summed E-state index contributed by atoms with van der Waals surface area (Å²) in [6.45, 7) is 7.71. The number of carbonyl (C=O) groups excluding carboxylic acids is 2. The van der Waals surface area contributed by atoms with Crippen molar-refractivity contribution in [2.75, 3.05) is 45.8 Å². The van der Waals surface area contributed by atoms with E-state index < -0.39 is 0 Å². The third kappa shape index (κ3) is 5.47. The molecule has 3 aliphatic rings. The highest BCUT2D eigenvalue weighted by Crippen LogP contribution is 2.32. The summed E-state index contributed by atoms with van der Waals surface area (Å²) < 4.78 is 0. The number of hydrogen-bond donors (Lipinski definition) is 1. The normalized spacial score (nSPS) is 25.1. The highest BCUT2D eigenvalue weighted by atomic mass is 16.2. The molecule has 0 aromatic heterocycles. The van der Waals surface area contributed by atoms with E-state index in [1.807, 2.05) is 17.0 Å². The van der Waals surface area contributed by atoms with Crippen molar-refractivity contribution in [2.45, 2.75) is 64.0 Å². The minimum absolute atomic E-state index is 0.0282. The zero-order valence-corrected chi connectivity index (χ0v) is 19.0. The molecule has 1 aromatic carbocycles. The lowest BCUT2D eigenvalue weighted by atomic mass is 9.91. The van der Waals surface area contributed by atoms with Crippen LogP contribution in [0, 0.1) is 0 Å². The van der Waals surface area contributed by atoms with Crippen molar-refractivity contribution in [2.24, 2.45) is 0 Å². The first-order valence-corrected chi connectivity index (χ1v) is 12.2. The molecule has 0 radical (unpaired) electrons. The quantitative estimate of drug-likeness (QED) is 0.760. The van der Waals surface area contributed by atoms with E-state index in [-0.39, 0.29) is 24.4 Å². The number of hydrogen-bond acceptors (Lipinski definition) is 4. The van der Waals surface area contributed by atoms with Gasteiger partial charge in [-0.25, -0.2) is 0 Å². The molecule has 1 N–H and O–H groups in total. The van der Waals surface area contributed by atoms with Crippen LogP contribution in [0.3, 0.4) is 0 Å². The number of benzene rings is 1. The second-order valence-corrected chi connectivity index (χ2v) is 9.44. The van der Waals surface area contributed by atoms with Crippen LogP contribution in [0.5, 0.6) is 0 Å². The van der Waals surface area contributed by atoms with Gasteiger partial charge >= 0.3 is 0 Å². The summed E-state index contributed by atoms with van der Waals surface area (Å²) in [6, 6.07) is 8.53. The van der Waals surface area contributed by atoms with Gasteiger partial charge in [0.25, 0.3) is 0 Å². The number of piperidine rings is 2. The molecular weight excluding hydrogens is 388 g/mol. The Labute approximate surface area is 187 Å². The van der Waals surface area contributed by atoms with E-state index in [4.69, 9.17) is 0 Å². The minimum Gasteiger partial charge on any atom is -0.354 e. The first-order chi connectivity index (χ1) is 15.1. The summed E-state index contributed by atoms with van der Waals surface area (Å²) in [6.07, 6.45) is 8.07. The third-order valence-corrected chi connectivity index (χ3v) is 7.29. The van der Waals surface area contributed by atoms with Gasteiger partial charge in [0.15, 0.2) is 0 Å². The lowest BCUT2D eigenvalue weighted by Gasteiger charge is -2.39. The molecule has 2 fully saturated rings. The van der Waals surface area contributed by atoms with Gasteiger partial charge in [0, 0.05) is 38.8 Å². The molecule has 3 aliphatic heterocycles. The van der Waals surface area contributed by atoms with E-state index in [1.54, 1.807) is 0 Å². The predicted octanol–water partition coefficient (Wildman–Crippen LogP) is 2.59. The van der Waals surface area contributed by atoms with E-state index in [9.17, 15) is 9.59 Å². The van der Waals surface area contributed by atoms with E-state index in [1.165, 1.54) is 31.2 Å². The largest absolute Gasteiger partial charge is 0.354 e. The van der Waals surface area contributed by atoms with E-state index in [2.05, 4.69) is 34.2 Å². The maximum absolute atomic E-state index is 13.5. The van der Waals surface area contributed by atoms with Crippen molar-refractivity contribution >= 4 is 11.8 Å². The Morgan fingerprint density at radius 2 is 1.74 bits per heavy atom. The Kier molecular flexibility index (Phi) is 7.62. The Balaban J connectivity index is 1.38. The average molecular weight is 427 g/mol. The molecule has 2 amide bonds. The summed E-state index contributed by atoms with van der Waals surface area (Å²) in [7, 11) is 0. The lowest BCUT2D eigenvalue weighted by molar-refractivity contribution is -0.139. The minimum atomic E-state index is -0.337.